The molecule has 1 saturated carbocycles. The summed E-state index contributed by atoms with van der Waals surface area (Å²) in [5, 5.41) is 0. The minimum absolute atomic E-state index is 0. The van der Waals surface area contributed by atoms with Crippen LogP contribution in [0.25, 0.3) is 0 Å². The standard InChI is InChI=1S/C11H21.C6H5.Mg/c1-2-3-5-8-11-9-6-4-7-10-11;1-2-4-6-5-3-1;/h4,11H,2-3,5-10H2,1H3;1-5H;/q2*-1;+2. The molecule has 0 aromatic heterocycles. The molecular weight excluding hydrogens is 228 g/mol. The van der Waals surface area contributed by atoms with Crippen molar-refractivity contribution in [2.24, 2.45) is 5.92 Å². The van der Waals surface area contributed by atoms with Crippen LogP contribution in [-0.2, 0) is 0 Å². The summed E-state index contributed by atoms with van der Waals surface area (Å²) in [7, 11) is 0. The molecule has 1 aromatic carbocycles. The monoisotopic (exact) mass is 254 g/mol. The predicted octanol–water partition coefficient (Wildman–Crippen LogP) is 5.07. The fourth-order valence-corrected chi connectivity index (χ4v) is 2.31. The summed E-state index contributed by atoms with van der Waals surface area (Å²) >= 11 is 0. The molecule has 0 radical (unpaired) electrons. The van der Waals surface area contributed by atoms with Gasteiger partial charge in [0.2, 0.25) is 0 Å². The van der Waals surface area contributed by atoms with E-state index in [0.29, 0.717) is 0 Å². The zero-order chi connectivity index (χ0) is 12.2. The van der Waals surface area contributed by atoms with Gasteiger partial charge in [0.15, 0.2) is 0 Å². The Balaban J connectivity index is 0.000000352. The van der Waals surface area contributed by atoms with E-state index in [1.165, 1.54) is 51.4 Å². The Bertz CT molecular complexity index is 212. The van der Waals surface area contributed by atoms with E-state index in [2.05, 4.69) is 19.4 Å². The first-order valence-corrected chi connectivity index (χ1v) is 7.16. The zero-order valence-electron chi connectivity index (χ0n) is 11.9. The van der Waals surface area contributed by atoms with Crippen LogP contribution in [0.15, 0.2) is 30.3 Å². The fourth-order valence-electron chi connectivity index (χ4n) is 2.31. The van der Waals surface area contributed by atoms with Gasteiger partial charge in [0, 0.05) is 0 Å². The average molecular weight is 255 g/mol. The maximum atomic E-state index is 2.89. The van der Waals surface area contributed by atoms with E-state index in [9.17, 15) is 0 Å². The van der Waals surface area contributed by atoms with Gasteiger partial charge in [0.25, 0.3) is 0 Å². The van der Waals surface area contributed by atoms with Gasteiger partial charge < -0.3 is 6.42 Å². The van der Waals surface area contributed by atoms with Crippen LogP contribution < -0.4 is 0 Å². The number of unbranched alkanes of at least 4 members (excludes halogenated alkanes) is 2. The van der Waals surface area contributed by atoms with Crippen LogP contribution in [0.5, 0.6) is 0 Å². The Morgan fingerprint density at radius 1 is 1.06 bits per heavy atom. The molecule has 0 bridgehead atoms. The average Bonchev–Trinajstić information content (AvgIpc) is 2.43. The van der Waals surface area contributed by atoms with Crippen molar-refractivity contribution in [3.63, 3.8) is 0 Å². The van der Waals surface area contributed by atoms with Gasteiger partial charge in [-0.05, 0) is 5.92 Å². The third-order valence-electron chi connectivity index (χ3n) is 3.38. The predicted molar refractivity (Wildman–Crippen MR) is 81.4 cm³/mol. The molecule has 0 saturated heterocycles. The number of benzene rings is 1. The SMILES string of the molecule is CCCCCC1CC[CH-]CC1.[Mg+2].[c-]1ccccc1. The molecular formula is C17H26Mg. The van der Waals surface area contributed by atoms with E-state index in [4.69, 9.17) is 0 Å². The van der Waals surface area contributed by atoms with Crippen molar-refractivity contribution in [3.05, 3.63) is 42.8 Å². The minimum Gasteiger partial charge on any atom is -0.328 e. The molecule has 96 valence electrons. The van der Waals surface area contributed by atoms with Crippen molar-refractivity contribution in [3.8, 4) is 0 Å². The zero-order valence-corrected chi connectivity index (χ0v) is 13.3. The summed E-state index contributed by atoms with van der Waals surface area (Å²) < 4.78 is 0. The van der Waals surface area contributed by atoms with Gasteiger partial charge in [-0.2, -0.15) is 49.2 Å². The molecule has 0 aliphatic heterocycles. The smallest absolute Gasteiger partial charge is 0.328 e. The van der Waals surface area contributed by atoms with Gasteiger partial charge in [-0.15, -0.1) is 0 Å². The van der Waals surface area contributed by atoms with E-state index in [1.807, 2.05) is 30.3 Å². The first kappa shape index (κ1) is 18.0. The second-order valence-corrected chi connectivity index (χ2v) is 4.88. The molecule has 1 aliphatic rings. The summed E-state index contributed by atoms with van der Waals surface area (Å²) in [6.07, 6.45) is 14.0. The van der Waals surface area contributed by atoms with Crippen LogP contribution >= 0.6 is 0 Å². The van der Waals surface area contributed by atoms with Gasteiger partial charge >= 0.3 is 23.1 Å². The van der Waals surface area contributed by atoms with Gasteiger partial charge in [-0.25, -0.2) is 0 Å². The van der Waals surface area contributed by atoms with Crippen LogP contribution in [-0.4, -0.2) is 23.1 Å². The van der Waals surface area contributed by atoms with Crippen molar-refractivity contribution in [2.75, 3.05) is 0 Å². The van der Waals surface area contributed by atoms with Crippen LogP contribution in [0.3, 0.4) is 0 Å². The van der Waals surface area contributed by atoms with E-state index in [1.54, 1.807) is 0 Å². The van der Waals surface area contributed by atoms with Gasteiger partial charge in [-0.1, -0.05) is 45.4 Å². The van der Waals surface area contributed by atoms with Crippen molar-refractivity contribution in [1.29, 1.82) is 0 Å². The van der Waals surface area contributed by atoms with Crippen molar-refractivity contribution in [2.45, 2.75) is 58.3 Å². The van der Waals surface area contributed by atoms with E-state index < -0.39 is 0 Å². The Labute approximate surface area is 130 Å². The van der Waals surface area contributed by atoms with Crippen molar-refractivity contribution >= 4 is 23.1 Å². The molecule has 0 amide bonds. The van der Waals surface area contributed by atoms with Crippen LogP contribution in [0.2, 0.25) is 0 Å². The Hall–Kier alpha value is -0.0138. The van der Waals surface area contributed by atoms with E-state index >= 15 is 0 Å². The topological polar surface area (TPSA) is 0 Å². The molecule has 1 fully saturated rings. The minimum atomic E-state index is 0. The van der Waals surface area contributed by atoms with E-state index in [-0.39, 0.29) is 23.1 Å². The maximum Gasteiger partial charge on any atom is 2.00 e. The third-order valence-corrected chi connectivity index (χ3v) is 3.38. The third kappa shape index (κ3) is 9.96. The van der Waals surface area contributed by atoms with Gasteiger partial charge in [-0.3, -0.25) is 0 Å². The molecule has 1 heteroatoms. The quantitative estimate of drug-likeness (QED) is 0.400. The second kappa shape index (κ2) is 13.4. The molecule has 0 N–H and O–H groups in total. The fraction of sp³-hybridized carbons (Fsp3) is 0.588. The summed E-state index contributed by atoms with van der Waals surface area (Å²) in [6, 6.07) is 12.5. The maximum absolute atomic E-state index is 2.89. The van der Waals surface area contributed by atoms with Gasteiger partial charge in [0.1, 0.15) is 0 Å². The number of hydrogen-bond acceptors (Lipinski definition) is 0. The molecule has 0 atom stereocenters. The molecule has 0 heterocycles. The van der Waals surface area contributed by atoms with Crippen molar-refractivity contribution in [1.82, 2.24) is 0 Å². The molecule has 18 heavy (non-hydrogen) atoms. The van der Waals surface area contributed by atoms with E-state index in [0.717, 1.165) is 5.92 Å². The summed E-state index contributed by atoms with van der Waals surface area (Å²) in [5.74, 6) is 1.08. The van der Waals surface area contributed by atoms with Gasteiger partial charge in [0.05, 0.1) is 0 Å². The Morgan fingerprint density at radius 3 is 2.17 bits per heavy atom. The molecule has 0 nitrogen and oxygen atoms in total. The molecule has 0 spiro atoms. The molecule has 1 aliphatic carbocycles. The van der Waals surface area contributed by atoms with Crippen molar-refractivity contribution < 1.29 is 0 Å². The van der Waals surface area contributed by atoms with Crippen LogP contribution in [0, 0.1) is 18.4 Å². The molecule has 2 rings (SSSR count). The summed E-state index contributed by atoms with van der Waals surface area (Å²) in [5.41, 5.74) is 0. The summed E-state index contributed by atoms with van der Waals surface area (Å²) in [6.45, 7) is 2.29. The summed E-state index contributed by atoms with van der Waals surface area (Å²) in [4.78, 5) is 0. The normalized spacial score (nSPS) is 15.2. The van der Waals surface area contributed by atoms with Crippen LogP contribution in [0.4, 0.5) is 0 Å². The first-order chi connectivity index (χ1) is 8.43. The first-order valence-electron chi connectivity index (χ1n) is 7.16. The largest absolute Gasteiger partial charge is 2.00 e. The molecule has 1 aromatic rings. The Kier molecular flexibility index (Phi) is 13.4. The second-order valence-electron chi connectivity index (χ2n) is 4.88. The molecule has 0 unspecified atom stereocenters. The van der Waals surface area contributed by atoms with Crippen LogP contribution in [0.1, 0.15) is 58.3 Å². The number of rotatable bonds is 4. The Morgan fingerprint density at radius 2 is 1.72 bits per heavy atom. The number of hydrogen-bond donors (Lipinski definition) is 0.